The van der Waals surface area contributed by atoms with Gasteiger partial charge in [0, 0.05) is 5.39 Å². The maximum atomic E-state index is 12.2. The van der Waals surface area contributed by atoms with Gasteiger partial charge < -0.3 is 9.73 Å². The fraction of sp³-hybridized carbons (Fsp3) is 0.250. The average molecular weight is 380 g/mol. The molecule has 0 atom stereocenters. The highest BCUT2D eigenvalue weighted by Crippen LogP contribution is 2.28. The molecular weight excluding hydrogens is 360 g/mol. The van der Waals surface area contributed by atoms with E-state index in [9.17, 15) is 4.79 Å². The van der Waals surface area contributed by atoms with Crippen LogP contribution in [-0.2, 0) is 11.3 Å². The van der Waals surface area contributed by atoms with Gasteiger partial charge in [0.25, 0.3) is 0 Å². The lowest BCUT2D eigenvalue weighted by Crippen LogP contribution is -2.24. The number of rotatable bonds is 5. The van der Waals surface area contributed by atoms with Crippen LogP contribution in [0.25, 0.3) is 16.6 Å². The van der Waals surface area contributed by atoms with Crippen LogP contribution >= 0.6 is 11.8 Å². The number of pyridine rings is 1. The molecule has 4 rings (SSSR count). The van der Waals surface area contributed by atoms with Gasteiger partial charge in [0.2, 0.25) is 5.91 Å². The SMILES string of the molecule is Cc1cc(C)c2cc(C)c3nnc(SCC(=O)NCc4ccco4)n3c2c1. The highest BCUT2D eigenvalue weighted by molar-refractivity contribution is 7.99. The number of amides is 1. The first-order valence-corrected chi connectivity index (χ1v) is 9.69. The van der Waals surface area contributed by atoms with Crippen molar-refractivity contribution in [3.05, 3.63) is 59.0 Å². The van der Waals surface area contributed by atoms with Crippen molar-refractivity contribution >= 4 is 34.2 Å². The van der Waals surface area contributed by atoms with Crippen LogP contribution in [0, 0.1) is 20.8 Å². The Hall–Kier alpha value is -2.80. The molecule has 0 spiro atoms. The second-order valence-electron chi connectivity index (χ2n) is 6.63. The summed E-state index contributed by atoms with van der Waals surface area (Å²) < 4.78 is 7.28. The number of carbonyl (C=O) groups is 1. The summed E-state index contributed by atoms with van der Waals surface area (Å²) in [4.78, 5) is 12.2. The van der Waals surface area contributed by atoms with Gasteiger partial charge in [-0.15, -0.1) is 10.2 Å². The normalized spacial score (nSPS) is 11.4. The minimum atomic E-state index is -0.0718. The van der Waals surface area contributed by atoms with E-state index in [1.165, 1.54) is 28.3 Å². The molecule has 0 fully saturated rings. The van der Waals surface area contributed by atoms with Gasteiger partial charge in [0.1, 0.15) is 5.76 Å². The summed E-state index contributed by atoms with van der Waals surface area (Å²) in [6.45, 7) is 6.61. The zero-order valence-electron chi connectivity index (χ0n) is 15.4. The maximum Gasteiger partial charge on any atom is 0.230 e. The minimum absolute atomic E-state index is 0.0718. The third-order valence-electron chi connectivity index (χ3n) is 4.47. The number of fused-ring (bicyclic) bond motifs is 3. The first-order valence-electron chi connectivity index (χ1n) is 8.70. The highest BCUT2D eigenvalue weighted by Gasteiger charge is 2.15. The van der Waals surface area contributed by atoms with Gasteiger partial charge in [-0.05, 0) is 61.7 Å². The zero-order chi connectivity index (χ0) is 19.0. The van der Waals surface area contributed by atoms with Crippen LogP contribution in [0.1, 0.15) is 22.5 Å². The first-order chi connectivity index (χ1) is 13.0. The minimum Gasteiger partial charge on any atom is -0.467 e. The molecule has 6 nitrogen and oxygen atoms in total. The molecular formula is C20H20N4O2S. The Kier molecular flexibility index (Phi) is 4.61. The third kappa shape index (κ3) is 3.42. The monoisotopic (exact) mass is 380 g/mol. The number of nitrogens with zero attached hydrogens (tertiary/aromatic N) is 3. The van der Waals surface area contributed by atoms with E-state index >= 15 is 0 Å². The molecule has 0 aliphatic rings. The van der Waals surface area contributed by atoms with Gasteiger partial charge >= 0.3 is 0 Å². The van der Waals surface area contributed by atoms with Crippen LogP contribution in [-0.4, -0.2) is 26.3 Å². The Morgan fingerprint density at radius 1 is 1.19 bits per heavy atom. The molecule has 0 unspecified atom stereocenters. The number of furan rings is 1. The Morgan fingerprint density at radius 2 is 2.04 bits per heavy atom. The summed E-state index contributed by atoms with van der Waals surface area (Å²) in [6.07, 6.45) is 1.59. The highest BCUT2D eigenvalue weighted by atomic mass is 32.2. The van der Waals surface area contributed by atoms with Crippen LogP contribution in [0.5, 0.6) is 0 Å². The van der Waals surface area contributed by atoms with Crippen LogP contribution in [0.15, 0.2) is 46.2 Å². The molecule has 1 amide bonds. The summed E-state index contributed by atoms with van der Waals surface area (Å²) in [5.74, 6) is 0.924. The topological polar surface area (TPSA) is 72.4 Å². The van der Waals surface area contributed by atoms with Crippen molar-refractivity contribution in [1.82, 2.24) is 19.9 Å². The van der Waals surface area contributed by atoms with Crippen molar-refractivity contribution in [2.45, 2.75) is 32.5 Å². The third-order valence-corrected chi connectivity index (χ3v) is 5.40. The fourth-order valence-electron chi connectivity index (χ4n) is 3.23. The predicted molar refractivity (Wildman–Crippen MR) is 106 cm³/mol. The fourth-order valence-corrected chi connectivity index (χ4v) is 4.00. The van der Waals surface area contributed by atoms with Crippen LogP contribution in [0.4, 0.5) is 0 Å². The summed E-state index contributed by atoms with van der Waals surface area (Å²) in [5.41, 5.74) is 5.36. The number of aryl methyl sites for hydroxylation is 3. The van der Waals surface area contributed by atoms with E-state index in [4.69, 9.17) is 4.42 Å². The Morgan fingerprint density at radius 3 is 2.81 bits per heavy atom. The molecule has 0 radical (unpaired) electrons. The summed E-state index contributed by atoms with van der Waals surface area (Å²) in [5, 5.41) is 13.4. The number of carbonyl (C=O) groups excluding carboxylic acids is 1. The Labute approximate surface area is 161 Å². The molecule has 1 N–H and O–H groups in total. The smallest absolute Gasteiger partial charge is 0.230 e. The molecule has 27 heavy (non-hydrogen) atoms. The molecule has 4 aromatic rings. The predicted octanol–water partition coefficient (Wildman–Crippen LogP) is 3.81. The summed E-state index contributed by atoms with van der Waals surface area (Å²) in [7, 11) is 0. The lowest BCUT2D eigenvalue weighted by Gasteiger charge is -2.10. The largest absolute Gasteiger partial charge is 0.467 e. The molecule has 7 heteroatoms. The number of nitrogens with one attached hydrogen (secondary N) is 1. The van der Waals surface area contributed by atoms with E-state index in [0.717, 1.165) is 27.6 Å². The van der Waals surface area contributed by atoms with Gasteiger partial charge in [0.15, 0.2) is 10.8 Å². The molecule has 0 saturated carbocycles. The van der Waals surface area contributed by atoms with E-state index in [0.29, 0.717) is 6.54 Å². The van der Waals surface area contributed by atoms with E-state index in [2.05, 4.69) is 52.0 Å². The number of hydrogen-bond donors (Lipinski definition) is 1. The Balaban J connectivity index is 1.61. The van der Waals surface area contributed by atoms with Gasteiger partial charge in [-0.1, -0.05) is 17.8 Å². The van der Waals surface area contributed by atoms with Crippen LogP contribution in [0.3, 0.4) is 0 Å². The lowest BCUT2D eigenvalue weighted by atomic mass is 10.0. The van der Waals surface area contributed by atoms with Crippen LogP contribution < -0.4 is 5.32 Å². The molecule has 0 saturated heterocycles. The molecule has 0 aliphatic carbocycles. The Bertz CT molecular complexity index is 1130. The molecule has 138 valence electrons. The van der Waals surface area contributed by atoms with E-state index in [-0.39, 0.29) is 11.7 Å². The first kappa shape index (κ1) is 17.6. The van der Waals surface area contributed by atoms with Crippen molar-refractivity contribution in [1.29, 1.82) is 0 Å². The number of benzene rings is 1. The van der Waals surface area contributed by atoms with Crippen molar-refractivity contribution in [2.24, 2.45) is 0 Å². The molecule has 1 aromatic carbocycles. The van der Waals surface area contributed by atoms with Gasteiger partial charge in [-0.25, -0.2) is 0 Å². The maximum absolute atomic E-state index is 12.2. The summed E-state index contributed by atoms with van der Waals surface area (Å²) in [6, 6.07) is 10.1. The van der Waals surface area contributed by atoms with Crippen molar-refractivity contribution in [3.8, 4) is 0 Å². The standard InChI is InChI=1S/C20H20N4O2S/c1-12-7-13(2)16-9-14(3)19-22-23-20(24(19)17(16)8-12)27-11-18(25)21-10-15-5-4-6-26-15/h4-9H,10-11H2,1-3H3,(H,21,25). The molecule has 0 bridgehead atoms. The number of thioether (sulfide) groups is 1. The zero-order valence-corrected chi connectivity index (χ0v) is 16.3. The van der Waals surface area contributed by atoms with E-state index < -0.39 is 0 Å². The van der Waals surface area contributed by atoms with Gasteiger partial charge in [-0.2, -0.15) is 0 Å². The molecule has 3 heterocycles. The lowest BCUT2D eigenvalue weighted by molar-refractivity contribution is -0.118. The van der Waals surface area contributed by atoms with Crippen LogP contribution in [0.2, 0.25) is 0 Å². The van der Waals surface area contributed by atoms with Crippen molar-refractivity contribution in [2.75, 3.05) is 5.75 Å². The second kappa shape index (κ2) is 7.08. The van der Waals surface area contributed by atoms with Crippen molar-refractivity contribution in [3.63, 3.8) is 0 Å². The van der Waals surface area contributed by atoms with E-state index in [1.807, 2.05) is 13.0 Å². The average Bonchev–Trinajstić information content (AvgIpc) is 3.29. The number of aromatic nitrogens is 3. The van der Waals surface area contributed by atoms with Gasteiger partial charge in [0.05, 0.1) is 24.1 Å². The quantitative estimate of drug-likeness (QED) is 0.533. The van der Waals surface area contributed by atoms with Crippen molar-refractivity contribution < 1.29 is 9.21 Å². The second-order valence-corrected chi connectivity index (χ2v) is 7.57. The van der Waals surface area contributed by atoms with Gasteiger partial charge in [-0.3, -0.25) is 9.20 Å². The molecule has 0 aliphatic heterocycles. The summed E-state index contributed by atoms with van der Waals surface area (Å²) >= 11 is 1.38. The number of hydrogen-bond acceptors (Lipinski definition) is 5. The van der Waals surface area contributed by atoms with E-state index in [1.54, 1.807) is 12.3 Å². The molecule has 3 aromatic heterocycles.